The molecule has 26 heavy (non-hydrogen) atoms. The maximum Gasteiger partial charge on any atom is 0.142 e. The molecule has 0 bridgehead atoms. The van der Waals surface area contributed by atoms with Crippen molar-refractivity contribution in [3.63, 3.8) is 0 Å². The van der Waals surface area contributed by atoms with E-state index in [0.717, 1.165) is 16.7 Å². The van der Waals surface area contributed by atoms with Crippen LogP contribution in [-0.4, -0.2) is 10.1 Å². The molecule has 0 saturated heterocycles. The van der Waals surface area contributed by atoms with Gasteiger partial charge in [-0.25, -0.2) is 4.98 Å². The lowest BCUT2D eigenvalue weighted by atomic mass is 9.90. The lowest BCUT2D eigenvalue weighted by Crippen LogP contribution is -2.03. The van der Waals surface area contributed by atoms with Gasteiger partial charge in [-0.15, -0.1) is 0 Å². The normalized spacial score (nSPS) is 11.2. The van der Waals surface area contributed by atoms with Crippen molar-refractivity contribution in [2.45, 2.75) is 13.8 Å². The topological polar surface area (TPSA) is 82.9 Å². The molecule has 0 atom stereocenters. The number of phenolic OH excluding ortho intramolecular Hbond substituents is 1. The van der Waals surface area contributed by atoms with Crippen molar-refractivity contribution in [3.8, 4) is 23.1 Å². The van der Waals surface area contributed by atoms with E-state index in [0.29, 0.717) is 22.4 Å². The number of hydrogen-bond donors (Lipinski definition) is 2. The first-order valence-electron chi connectivity index (χ1n) is 8.28. The number of nitrogens with two attached hydrogens (primary N) is 1. The summed E-state index contributed by atoms with van der Waals surface area (Å²) >= 11 is 0. The van der Waals surface area contributed by atoms with Crippen molar-refractivity contribution in [2.75, 3.05) is 5.73 Å². The third-order valence-corrected chi connectivity index (χ3v) is 4.35. The van der Waals surface area contributed by atoms with Gasteiger partial charge in [0.15, 0.2) is 0 Å². The highest BCUT2D eigenvalue weighted by Gasteiger charge is 2.18. The second kappa shape index (κ2) is 7.12. The number of allylic oxidation sites excluding steroid dienone is 1. The van der Waals surface area contributed by atoms with E-state index in [-0.39, 0.29) is 11.6 Å². The van der Waals surface area contributed by atoms with E-state index in [1.165, 1.54) is 0 Å². The highest BCUT2D eigenvalue weighted by Crippen LogP contribution is 2.35. The molecule has 3 aromatic rings. The van der Waals surface area contributed by atoms with Crippen molar-refractivity contribution < 1.29 is 5.11 Å². The molecule has 0 aliphatic carbocycles. The number of aryl methyl sites for hydroxylation is 1. The van der Waals surface area contributed by atoms with E-state index >= 15 is 0 Å². The molecule has 0 fully saturated rings. The number of nitrogen functional groups attached to an aromatic ring is 1. The minimum atomic E-state index is 0.118. The largest absolute Gasteiger partial charge is 0.507 e. The molecule has 0 radical (unpaired) electrons. The van der Waals surface area contributed by atoms with Crippen molar-refractivity contribution in [3.05, 3.63) is 82.9 Å². The summed E-state index contributed by atoms with van der Waals surface area (Å²) in [5, 5.41) is 19.8. The van der Waals surface area contributed by atoms with Crippen LogP contribution in [0.3, 0.4) is 0 Å². The maximum absolute atomic E-state index is 10.2. The monoisotopic (exact) mass is 341 g/mol. The summed E-state index contributed by atoms with van der Waals surface area (Å²) < 4.78 is 0. The molecular formula is C22H19N3O. The number of para-hydroxylation sites is 1. The first-order valence-corrected chi connectivity index (χ1v) is 8.28. The van der Waals surface area contributed by atoms with E-state index in [9.17, 15) is 10.4 Å². The number of nitriles is 1. The summed E-state index contributed by atoms with van der Waals surface area (Å²) in [4.78, 5) is 4.34. The Morgan fingerprint density at radius 2 is 1.81 bits per heavy atom. The molecule has 0 unspecified atom stereocenters. The highest BCUT2D eigenvalue weighted by molar-refractivity contribution is 5.87. The summed E-state index contributed by atoms with van der Waals surface area (Å²) in [5.74, 6) is 0.268. The Bertz CT molecular complexity index is 1050. The molecule has 0 saturated carbocycles. The van der Waals surface area contributed by atoms with Crippen molar-refractivity contribution >= 4 is 11.4 Å². The molecule has 0 aliphatic rings. The lowest BCUT2D eigenvalue weighted by molar-refractivity contribution is 0.477. The number of aromatic nitrogens is 1. The SMILES string of the molecule is C/C=C(\c1ccccc1C)c1cc(-c2ccccc2O)nc(N)c1C#N. The second-order valence-corrected chi connectivity index (χ2v) is 5.96. The van der Waals surface area contributed by atoms with Gasteiger partial charge in [0.05, 0.1) is 5.69 Å². The van der Waals surface area contributed by atoms with Crippen molar-refractivity contribution in [1.82, 2.24) is 4.98 Å². The molecule has 128 valence electrons. The van der Waals surface area contributed by atoms with Crippen LogP contribution >= 0.6 is 0 Å². The Hall–Kier alpha value is -3.58. The van der Waals surface area contributed by atoms with Crippen molar-refractivity contribution in [1.29, 1.82) is 5.26 Å². The lowest BCUT2D eigenvalue weighted by Gasteiger charge is -2.15. The quantitative estimate of drug-likeness (QED) is 0.725. The number of anilines is 1. The van der Waals surface area contributed by atoms with Crippen molar-refractivity contribution in [2.24, 2.45) is 0 Å². The van der Waals surface area contributed by atoms with Crippen LogP contribution < -0.4 is 5.73 Å². The van der Waals surface area contributed by atoms with Gasteiger partial charge < -0.3 is 10.8 Å². The summed E-state index contributed by atoms with van der Waals surface area (Å²) in [5.41, 5.74) is 11.3. The number of aromatic hydroxyl groups is 1. The first-order chi connectivity index (χ1) is 12.6. The minimum Gasteiger partial charge on any atom is -0.507 e. The molecule has 3 rings (SSSR count). The van der Waals surface area contributed by atoms with Crippen LogP contribution in [0, 0.1) is 18.3 Å². The fourth-order valence-electron chi connectivity index (χ4n) is 3.05. The average molecular weight is 341 g/mol. The molecular weight excluding hydrogens is 322 g/mol. The zero-order valence-corrected chi connectivity index (χ0v) is 14.7. The molecule has 3 N–H and O–H groups in total. The number of rotatable bonds is 3. The Morgan fingerprint density at radius 1 is 1.12 bits per heavy atom. The van der Waals surface area contributed by atoms with Crippen LogP contribution in [0.25, 0.3) is 16.8 Å². The van der Waals surface area contributed by atoms with Gasteiger partial charge in [0.1, 0.15) is 23.2 Å². The molecule has 1 heterocycles. The van der Waals surface area contributed by atoms with Crippen LogP contribution in [0.2, 0.25) is 0 Å². The predicted molar refractivity (Wildman–Crippen MR) is 104 cm³/mol. The fraction of sp³-hybridized carbons (Fsp3) is 0.0909. The maximum atomic E-state index is 10.2. The van der Waals surface area contributed by atoms with Crippen LogP contribution in [0.5, 0.6) is 5.75 Å². The first kappa shape index (κ1) is 17.2. The van der Waals surface area contributed by atoms with E-state index in [2.05, 4.69) is 11.1 Å². The van der Waals surface area contributed by atoms with Crippen LogP contribution in [0.4, 0.5) is 5.82 Å². The smallest absolute Gasteiger partial charge is 0.142 e. The Balaban J connectivity index is 2.28. The zero-order chi connectivity index (χ0) is 18.7. The molecule has 0 aliphatic heterocycles. The molecule has 4 nitrogen and oxygen atoms in total. The Labute approximate surface area is 152 Å². The number of pyridine rings is 1. The molecule has 0 amide bonds. The van der Waals surface area contributed by atoms with Gasteiger partial charge in [-0.3, -0.25) is 0 Å². The molecule has 1 aromatic heterocycles. The van der Waals surface area contributed by atoms with Gasteiger partial charge in [0.25, 0.3) is 0 Å². The van der Waals surface area contributed by atoms with Gasteiger partial charge in [0.2, 0.25) is 0 Å². The second-order valence-electron chi connectivity index (χ2n) is 5.96. The minimum absolute atomic E-state index is 0.118. The van der Waals surface area contributed by atoms with E-state index in [1.54, 1.807) is 18.2 Å². The molecule has 4 heteroatoms. The van der Waals surface area contributed by atoms with E-state index < -0.39 is 0 Å². The van der Waals surface area contributed by atoms with Gasteiger partial charge >= 0.3 is 0 Å². The zero-order valence-electron chi connectivity index (χ0n) is 14.7. The average Bonchev–Trinajstić information content (AvgIpc) is 2.64. The molecule has 0 spiro atoms. The van der Waals surface area contributed by atoms with E-state index in [4.69, 9.17) is 5.73 Å². The summed E-state index contributed by atoms with van der Waals surface area (Å²) in [6.45, 7) is 3.96. The Morgan fingerprint density at radius 3 is 2.46 bits per heavy atom. The van der Waals surface area contributed by atoms with Gasteiger partial charge in [-0.1, -0.05) is 42.5 Å². The van der Waals surface area contributed by atoms with Gasteiger partial charge in [0, 0.05) is 11.1 Å². The summed E-state index contributed by atoms with van der Waals surface area (Å²) in [6.07, 6.45) is 1.96. The molecule has 2 aromatic carbocycles. The Kier molecular flexibility index (Phi) is 4.72. The standard InChI is InChI=1S/C22H19N3O/c1-3-15(16-9-5-4-8-14(16)2)18-12-20(25-22(24)19(18)13-23)17-10-6-7-11-21(17)26/h3-12,26H,1-2H3,(H2,24,25)/b15-3+. The number of hydrogen-bond acceptors (Lipinski definition) is 4. The third kappa shape index (κ3) is 3.03. The van der Waals surface area contributed by atoms with Crippen LogP contribution in [-0.2, 0) is 0 Å². The number of benzene rings is 2. The van der Waals surface area contributed by atoms with Gasteiger partial charge in [-0.2, -0.15) is 5.26 Å². The van der Waals surface area contributed by atoms with Gasteiger partial charge in [-0.05, 0) is 48.7 Å². The number of phenols is 1. The highest BCUT2D eigenvalue weighted by atomic mass is 16.3. The number of nitrogens with zero attached hydrogens (tertiary/aromatic N) is 2. The summed E-state index contributed by atoms with van der Waals surface area (Å²) in [6, 6.07) is 18.9. The fourth-order valence-corrected chi connectivity index (χ4v) is 3.05. The summed E-state index contributed by atoms with van der Waals surface area (Å²) in [7, 11) is 0. The van der Waals surface area contributed by atoms with Crippen LogP contribution in [0.15, 0.2) is 60.7 Å². The van der Waals surface area contributed by atoms with Crippen LogP contribution in [0.1, 0.15) is 29.2 Å². The predicted octanol–water partition coefficient (Wildman–Crippen LogP) is 4.67. The van der Waals surface area contributed by atoms with E-state index in [1.807, 2.05) is 56.3 Å². The third-order valence-electron chi connectivity index (χ3n) is 4.35.